The first-order chi connectivity index (χ1) is 47.0. The molecule has 1 saturated heterocycles. The van der Waals surface area contributed by atoms with Crippen molar-refractivity contribution in [3.63, 3.8) is 0 Å². The van der Waals surface area contributed by atoms with Gasteiger partial charge in [-0.25, -0.2) is 38.4 Å². The lowest BCUT2D eigenvalue weighted by molar-refractivity contribution is -0.282. The molecule has 1 aliphatic heterocycles. The van der Waals surface area contributed by atoms with Crippen molar-refractivity contribution < 1.29 is 188 Å². The molecule has 8 aromatic rings. The molecule has 1 heterocycles. The second-order valence-electron chi connectivity index (χ2n) is 20.7. The summed E-state index contributed by atoms with van der Waals surface area (Å²) in [7, 11) is 0. The number of hydrogen-bond donors (Lipinski definition) is 21. The average molecular weight is 1400 g/mol. The number of phenols is 21. The molecule has 9 rings (SSSR count). The number of benzene rings is 8. The first kappa shape index (κ1) is 69.6. The summed E-state index contributed by atoms with van der Waals surface area (Å²) in [5, 5.41) is 216. The lowest BCUT2D eigenvalue weighted by Crippen LogP contribution is -2.63. The number of carbonyl (C=O) groups excluding carboxylic acids is 8. The number of carbonyl (C=O) groups is 8. The Balaban J connectivity index is 1.26. The van der Waals surface area contributed by atoms with Gasteiger partial charge in [0.1, 0.15) is 12.7 Å². The van der Waals surface area contributed by atoms with E-state index in [-0.39, 0.29) is 0 Å². The monoisotopic (exact) mass is 1400 g/mol. The minimum absolute atomic E-state index is 0.340. The Morgan fingerprint density at radius 2 is 0.480 bits per heavy atom. The fourth-order valence-electron chi connectivity index (χ4n) is 8.97. The molecule has 0 spiro atoms. The van der Waals surface area contributed by atoms with Crippen LogP contribution in [-0.4, -0.2) is 192 Å². The number of ether oxygens (including phenoxy) is 9. The molecule has 0 bridgehead atoms. The first-order valence-corrected chi connectivity index (χ1v) is 27.3. The fraction of sp³-hybridized carbons (Fsp3) is 0.0968. The smallest absolute Gasteiger partial charge is 0.344 e. The molecular weight excluding hydrogens is 1350 g/mol. The van der Waals surface area contributed by atoms with Crippen molar-refractivity contribution >= 4 is 47.8 Å². The van der Waals surface area contributed by atoms with Crippen LogP contribution < -0.4 is 14.2 Å². The van der Waals surface area contributed by atoms with E-state index in [4.69, 9.17) is 42.6 Å². The third-order valence-corrected chi connectivity index (χ3v) is 13.9. The van der Waals surface area contributed by atoms with E-state index in [1.165, 1.54) is 0 Å². The van der Waals surface area contributed by atoms with Crippen LogP contribution in [0.25, 0.3) is 0 Å². The summed E-state index contributed by atoms with van der Waals surface area (Å²) in [5.41, 5.74) is -7.72. The van der Waals surface area contributed by atoms with Crippen LogP contribution in [0, 0.1) is 0 Å². The summed E-state index contributed by atoms with van der Waals surface area (Å²) >= 11 is 0. The van der Waals surface area contributed by atoms with Gasteiger partial charge in [-0.15, -0.1) is 0 Å². The Hall–Kier alpha value is -14.7. The van der Waals surface area contributed by atoms with Crippen LogP contribution in [0.4, 0.5) is 0 Å². The third-order valence-electron chi connectivity index (χ3n) is 13.9. The summed E-state index contributed by atoms with van der Waals surface area (Å²) in [5.74, 6) is -44.1. The van der Waals surface area contributed by atoms with E-state index < -0.39 is 268 Å². The molecule has 38 heteroatoms. The number of aromatic hydroxyl groups is 21. The minimum atomic E-state index is -2.97. The lowest BCUT2D eigenvalue weighted by Gasteiger charge is -2.43. The van der Waals surface area contributed by atoms with Crippen LogP contribution in [0.1, 0.15) is 82.9 Å². The molecule has 0 aromatic heterocycles. The Labute approximate surface area is 551 Å². The summed E-state index contributed by atoms with van der Waals surface area (Å²) in [4.78, 5) is 114. The van der Waals surface area contributed by atoms with E-state index in [1.54, 1.807) is 0 Å². The summed E-state index contributed by atoms with van der Waals surface area (Å²) in [6.45, 7) is -1.49. The Kier molecular flexibility index (Phi) is 19.0. The van der Waals surface area contributed by atoms with Gasteiger partial charge in [-0.1, -0.05) is 0 Å². The summed E-state index contributed by atoms with van der Waals surface area (Å²) < 4.78 is 50.4. The number of rotatable bonds is 17. The zero-order chi connectivity index (χ0) is 73.4. The highest BCUT2D eigenvalue weighted by atomic mass is 16.7. The molecular formula is C62H44O38. The maximum absolute atomic E-state index is 15.2. The molecule has 5 atom stereocenters. The minimum Gasteiger partial charge on any atom is -0.504 e. The Morgan fingerprint density at radius 3 is 0.770 bits per heavy atom. The van der Waals surface area contributed by atoms with E-state index in [1.807, 2.05) is 0 Å². The van der Waals surface area contributed by atoms with E-state index >= 15 is 4.79 Å². The maximum atomic E-state index is 15.2. The van der Waals surface area contributed by atoms with Crippen LogP contribution >= 0.6 is 0 Å². The molecule has 1 fully saturated rings. The van der Waals surface area contributed by atoms with Gasteiger partial charge in [-0.05, 0) is 97.1 Å². The van der Waals surface area contributed by atoms with E-state index in [0.717, 1.165) is 0 Å². The van der Waals surface area contributed by atoms with Gasteiger partial charge in [0, 0.05) is 0 Å². The Morgan fingerprint density at radius 1 is 0.260 bits per heavy atom. The third kappa shape index (κ3) is 14.3. The molecule has 100 heavy (non-hydrogen) atoms. The van der Waals surface area contributed by atoms with Crippen LogP contribution in [0.5, 0.6) is 138 Å². The maximum Gasteiger partial charge on any atom is 0.344 e. The fourth-order valence-corrected chi connectivity index (χ4v) is 8.97. The molecule has 8 aromatic carbocycles. The van der Waals surface area contributed by atoms with Crippen molar-refractivity contribution in [3.8, 4) is 138 Å². The van der Waals surface area contributed by atoms with Crippen LogP contribution in [-0.2, 0) is 28.4 Å². The topological polar surface area (TPSA) is 644 Å². The van der Waals surface area contributed by atoms with Crippen molar-refractivity contribution in [1.29, 1.82) is 0 Å². The highest BCUT2D eigenvalue weighted by Crippen LogP contribution is 2.46. The van der Waals surface area contributed by atoms with E-state index in [2.05, 4.69) is 0 Å². The van der Waals surface area contributed by atoms with Gasteiger partial charge < -0.3 is 150 Å². The number of esters is 8. The van der Waals surface area contributed by atoms with Crippen LogP contribution in [0.3, 0.4) is 0 Å². The highest BCUT2D eigenvalue weighted by Gasteiger charge is 2.55. The van der Waals surface area contributed by atoms with Gasteiger partial charge in [0.2, 0.25) is 18.1 Å². The normalized spacial score (nSPS) is 15.5. The van der Waals surface area contributed by atoms with E-state index in [0.29, 0.717) is 97.1 Å². The van der Waals surface area contributed by atoms with Gasteiger partial charge in [-0.2, -0.15) is 0 Å². The predicted molar refractivity (Wildman–Crippen MR) is 313 cm³/mol. The largest absolute Gasteiger partial charge is 0.504 e. The van der Waals surface area contributed by atoms with Crippen molar-refractivity contribution in [1.82, 2.24) is 0 Å². The molecule has 0 aliphatic carbocycles. The second kappa shape index (κ2) is 27.3. The van der Waals surface area contributed by atoms with Gasteiger partial charge in [0.15, 0.2) is 144 Å². The number of hydrogen-bond acceptors (Lipinski definition) is 38. The van der Waals surface area contributed by atoms with Crippen LogP contribution in [0.15, 0.2) is 97.1 Å². The van der Waals surface area contributed by atoms with Gasteiger partial charge in [-0.3, -0.25) is 0 Å². The highest BCUT2D eigenvalue weighted by molar-refractivity contribution is 6.00. The van der Waals surface area contributed by atoms with Crippen molar-refractivity contribution in [2.45, 2.75) is 30.7 Å². The molecule has 520 valence electrons. The lowest BCUT2D eigenvalue weighted by atomic mass is 9.97. The second-order valence-corrected chi connectivity index (χ2v) is 20.7. The van der Waals surface area contributed by atoms with Crippen molar-refractivity contribution in [2.24, 2.45) is 0 Å². The average Bonchev–Trinajstić information content (AvgIpc) is 0.771. The predicted octanol–water partition coefficient (Wildman–Crippen LogP) is 3.58. The summed E-state index contributed by atoms with van der Waals surface area (Å²) in [6, 6.07) is 7.12. The van der Waals surface area contributed by atoms with Crippen molar-refractivity contribution in [3.05, 3.63) is 142 Å². The molecule has 0 unspecified atom stereocenters. The standard InChI is InChI=1S/C62H44O38/c63-26-1-18(2-27(64)43(26)77)54(84)92-17-42-51(97-58(88)22-9-34(71)47(81)35(72)10-22)52(98-59(89)23-11-36(73)48(82)37(74)12-23)53(99-60(90)24-13-38(75)49(83)39(76)14-24)62(95-42)100-61(91)25-15-40(93-55(85)19-3-28(65)44(78)29(66)4-19)50(96-57(87)21-7-32(69)46(80)33(70)8-21)41(16-25)94-56(86)20-5-30(67)45(79)31(68)6-20/h1-16,42,51-53,62-83H,17H2/t42-,51-,52+,53-,62+/m1/s1. The first-order valence-electron chi connectivity index (χ1n) is 27.3. The van der Waals surface area contributed by atoms with Gasteiger partial charge in [0.25, 0.3) is 0 Å². The van der Waals surface area contributed by atoms with Crippen molar-refractivity contribution in [2.75, 3.05) is 6.61 Å². The molecule has 0 amide bonds. The van der Waals surface area contributed by atoms with Gasteiger partial charge in [0.05, 0.1) is 44.5 Å². The Bertz CT molecular complexity index is 4490. The molecule has 1 aliphatic rings. The van der Waals surface area contributed by atoms with Crippen LogP contribution in [0.2, 0.25) is 0 Å². The quantitative estimate of drug-likeness (QED) is 0.0268. The molecule has 0 saturated carbocycles. The SMILES string of the molecule is O=C(OC[C@H]1O[C@@H](OC(=O)c2cc(OC(=O)c3cc(O)c(O)c(O)c3)c(OC(=O)c3cc(O)c(O)c(O)c3)c(OC(=O)c3cc(O)c(O)c(O)c3)c2)[C@H](OC(=O)c2cc(O)c(O)c(O)c2)[C@@H](OC(=O)c2cc(O)c(O)c(O)c2)[C@@H]1OC(=O)c1cc(O)c(O)c(O)c1)c1cc(O)c(O)c(O)c1. The summed E-state index contributed by atoms with van der Waals surface area (Å²) in [6.07, 6.45) is -13.9. The zero-order valence-electron chi connectivity index (χ0n) is 49.2. The molecule has 38 nitrogen and oxygen atoms in total. The molecule has 21 N–H and O–H groups in total. The molecule has 0 radical (unpaired) electrons. The number of phenolic OH excluding ortho intramolecular Hbond substituents is 21. The van der Waals surface area contributed by atoms with Gasteiger partial charge >= 0.3 is 47.8 Å². The zero-order valence-corrected chi connectivity index (χ0v) is 49.2. The van der Waals surface area contributed by atoms with E-state index in [9.17, 15) is 141 Å².